The molecular formula is C15H16N2O4S. The largest absolute Gasteiger partial charge is 0.469 e. The molecule has 1 aromatic carbocycles. The highest BCUT2D eigenvalue weighted by Crippen LogP contribution is 2.48. The van der Waals surface area contributed by atoms with Crippen molar-refractivity contribution in [1.82, 2.24) is 0 Å². The average Bonchev–Trinajstić information content (AvgIpc) is 3.06. The minimum absolute atomic E-state index is 0.0507. The number of carbonyl (C=O) groups excluding carboxylic acids is 1. The van der Waals surface area contributed by atoms with Gasteiger partial charge >= 0.3 is 0 Å². The Hall–Kier alpha value is -2.28. The van der Waals surface area contributed by atoms with Crippen LogP contribution in [0.3, 0.4) is 0 Å². The first-order valence-electron chi connectivity index (χ1n) is 6.84. The van der Waals surface area contributed by atoms with Crippen molar-refractivity contribution in [3.05, 3.63) is 48.4 Å². The van der Waals surface area contributed by atoms with E-state index in [2.05, 4.69) is 10.0 Å². The molecule has 0 saturated heterocycles. The van der Waals surface area contributed by atoms with Crippen molar-refractivity contribution in [1.29, 1.82) is 0 Å². The summed E-state index contributed by atoms with van der Waals surface area (Å²) in [6, 6.07) is 10.2. The topological polar surface area (TPSA) is 88.4 Å². The third kappa shape index (κ3) is 3.48. The van der Waals surface area contributed by atoms with Gasteiger partial charge in [-0.1, -0.05) is 0 Å². The van der Waals surface area contributed by atoms with E-state index in [-0.39, 0.29) is 17.7 Å². The van der Waals surface area contributed by atoms with E-state index in [1.165, 1.54) is 0 Å². The lowest BCUT2D eigenvalue weighted by molar-refractivity contribution is -0.117. The Balaban J connectivity index is 1.59. The molecule has 1 heterocycles. The molecule has 7 heteroatoms. The van der Waals surface area contributed by atoms with E-state index in [0.29, 0.717) is 11.4 Å². The van der Waals surface area contributed by atoms with Gasteiger partial charge < -0.3 is 9.73 Å². The van der Waals surface area contributed by atoms with Gasteiger partial charge in [-0.3, -0.25) is 9.52 Å². The van der Waals surface area contributed by atoms with Gasteiger partial charge in [0, 0.05) is 23.2 Å². The van der Waals surface area contributed by atoms with Gasteiger partial charge in [-0.15, -0.1) is 0 Å². The molecule has 1 saturated carbocycles. The lowest BCUT2D eigenvalue weighted by Crippen LogP contribution is -2.14. The maximum Gasteiger partial charge on any atom is 0.229 e. The molecule has 2 atom stereocenters. The van der Waals surface area contributed by atoms with Crippen molar-refractivity contribution in [2.75, 3.05) is 16.3 Å². The van der Waals surface area contributed by atoms with Crippen LogP contribution in [0.15, 0.2) is 47.1 Å². The Morgan fingerprint density at radius 3 is 2.45 bits per heavy atom. The van der Waals surface area contributed by atoms with E-state index < -0.39 is 10.0 Å². The molecule has 2 unspecified atom stereocenters. The second kappa shape index (κ2) is 5.49. The summed E-state index contributed by atoms with van der Waals surface area (Å²) < 4.78 is 29.9. The normalized spacial score (nSPS) is 20.4. The van der Waals surface area contributed by atoms with Gasteiger partial charge in [0.2, 0.25) is 15.9 Å². The Bertz CT molecular complexity index is 766. The fourth-order valence-corrected chi connectivity index (χ4v) is 2.94. The van der Waals surface area contributed by atoms with Crippen LogP contribution < -0.4 is 10.0 Å². The number of carbonyl (C=O) groups is 1. The van der Waals surface area contributed by atoms with Crippen molar-refractivity contribution in [3.63, 3.8) is 0 Å². The smallest absolute Gasteiger partial charge is 0.229 e. The zero-order valence-corrected chi connectivity index (χ0v) is 12.8. The summed E-state index contributed by atoms with van der Waals surface area (Å²) in [5.74, 6) is 0.874. The molecule has 6 nitrogen and oxygen atoms in total. The molecule has 0 radical (unpaired) electrons. The monoisotopic (exact) mass is 320 g/mol. The molecule has 1 amide bonds. The second-order valence-corrected chi connectivity index (χ2v) is 7.15. The van der Waals surface area contributed by atoms with Gasteiger partial charge in [-0.2, -0.15) is 0 Å². The Morgan fingerprint density at radius 2 is 1.86 bits per heavy atom. The highest BCUT2D eigenvalue weighted by molar-refractivity contribution is 7.92. The van der Waals surface area contributed by atoms with Crippen LogP contribution in [0.5, 0.6) is 0 Å². The number of nitrogens with one attached hydrogen (secondary N) is 2. The first-order chi connectivity index (χ1) is 10.4. The lowest BCUT2D eigenvalue weighted by atomic mass is 10.2. The summed E-state index contributed by atoms with van der Waals surface area (Å²) in [5.41, 5.74) is 1.09. The molecule has 1 aliphatic carbocycles. The highest BCUT2D eigenvalue weighted by atomic mass is 32.2. The lowest BCUT2D eigenvalue weighted by Gasteiger charge is -2.07. The summed E-state index contributed by atoms with van der Waals surface area (Å²) in [6.45, 7) is 0. The van der Waals surface area contributed by atoms with E-state index in [0.717, 1.165) is 18.4 Å². The highest BCUT2D eigenvalue weighted by Gasteiger charge is 2.45. The number of hydrogen-bond donors (Lipinski definition) is 2. The van der Waals surface area contributed by atoms with E-state index in [1.807, 2.05) is 12.1 Å². The Morgan fingerprint density at radius 1 is 1.18 bits per heavy atom. The quantitative estimate of drug-likeness (QED) is 0.885. The van der Waals surface area contributed by atoms with E-state index in [1.54, 1.807) is 30.5 Å². The third-order valence-electron chi connectivity index (χ3n) is 3.49. The summed E-state index contributed by atoms with van der Waals surface area (Å²) in [4.78, 5) is 12.1. The van der Waals surface area contributed by atoms with Gasteiger partial charge in [-0.25, -0.2) is 8.42 Å². The molecule has 0 bridgehead atoms. The molecule has 3 rings (SSSR count). The van der Waals surface area contributed by atoms with Gasteiger partial charge in [-0.05, 0) is 42.8 Å². The third-order valence-corrected chi connectivity index (χ3v) is 4.10. The van der Waals surface area contributed by atoms with Crippen molar-refractivity contribution in [2.24, 2.45) is 5.92 Å². The maximum atomic E-state index is 12.1. The van der Waals surface area contributed by atoms with E-state index in [9.17, 15) is 13.2 Å². The van der Waals surface area contributed by atoms with Crippen molar-refractivity contribution < 1.29 is 17.6 Å². The average molecular weight is 320 g/mol. The summed E-state index contributed by atoms with van der Waals surface area (Å²) in [7, 11) is -3.30. The number of hydrogen-bond acceptors (Lipinski definition) is 4. The molecule has 1 fully saturated rings. The van der Waals surface area contributed by atoms with Crippen molar-refractivity contribution >= 4 is 27.3 Å². The molecule has 1 aromatic heterocycles. The van der Waals surface area contributed by atoms with Crippen LogP contribution >= 0.6 is 0 Å². The molecule has 2 N–H and O–H groups in total. The number of benzene rings is 1. The number of sulfonamides is 1. The molecule has 22 heavy (non-hydrogen) atoms. The molecule has 0 spiro atoms. The number of rotatable bonds is 5. The SMILES string of the molecule is CS(=O)(=O)Nc1ccc(NC(=O)C2CC2c2ccco2)cc1. The van der Waals surface area contributed by atoms with Crippen LogP contribution in [0.2, 0.25) is 0 Å². The number of furan rings is 1. The molecule has 116 valence electrons. The molecular weight excluding hydrogens is 304 g/mol. The fraction of sp³-hybridized carbons (Fsp3) is 0.267. The summed E-state index contributed by atoms with van der Waals surface area (Å²) in [6.07, 6.45) is 3.48. The van der Waals surface area contributed by atoms with Crippen LogP contribution in [0.1, 0.15) is 18.1 Å². The maximum absolute atomic E-state index is 12.1. The van der Waals surface area contributed by atoms with Crippen LogP contribution in [0.25, 0.3) is 0 Å². The first kappa shape index (κ1) is 14.6. The molecule has 2 aromatic rings. The Labute approximate surface area is 128 Å². The van der Waals surface area contributed by atoms with Crippen molar-refractivity contribution in [2.45, 2.75) is 12.3 Å². The predicted octanol–water partition coefficient (Wildman–Crippen LogP) is 2.39. The molecule has 1 aliphatic rings. The van der Waals surface area contributed by atoms with Crippen LogP contribution in [-0.4, -0.2) is 20.6 Å². The zero-order chi connectivity index (χ0) is 15.7. The standard InChI is InChI=1S/C15H16N2O4S/c1-22(19,20)17-11-6-4-10(5-7-11)16-15(18)13-9-12(13)14-3-2-8-21-14/h2-8,12-13,17H,9H2,1H3,(H,16,18). The first-order valence-corrected chi connectivity index (χ1v) is 8.73. The van der Waals surface area contributed by atoms with E-state index in [4.69, 9.17) is 4.42 Å². The van der Waals surface area contributed by atoms with Crippen LogP contribution in [0, 0.1) is 5.92 Å². The number of anilines is 2. The minimum Gasteiger partial charge on any atom is -0.469 e. The van der Waals surface area contributed by atoms with Gasteiger partial charge in [0.15, 0.2) is 0 Å². The summed E-state index contributed by atoms with van der Waals surface area (Å²) >= 11 is 0. The minimum atomic E-state index is -3.30. The van der Waals surface area contributed by atoms with Crippen LogP contribution in [0.4, 0.5) is 11.4 Å². The van der Waals surface area contributed by atoms with Crippen molar-refractivity contribution in [3.8, 4) is 0 Å². The number of amides is 1. The zero-order valence-electron chi connectivity index (χ0n) is 11.9. The van der Waals surface area contributed by atoms with E-state index >= 15 is 0 Å². The van der Waals surface area contributed by atoms with Gasteiger partial charge in [0.1, 0.15) is 5.76 Å². The fourth-order valence-electron chi connectivity index (χ4n) is 2.37. The Kier molecular flexibility index (Phi) is 3.66. The summed E-state index contributed by atoms with van der Waals surface area (Å²) in [5, 5.41) is 2.83. The van der Waals surface area contributed by atoms with Crippen LogP contribution in [-0.2, 0) is 14.8 Å². The van der Waals surface area contributed by atoms with Gasteiger partial charge in [0.25, 0.3) is 0 Å². The van der Waals surface area contributed by atoms with Gasteiger partial charge in [0.05, 0.1) is 12.5 Å². The second-order valence-electron chi connectivity index (χ2n) is 5.40. The predicted molar refractivity (Wildman–Crippen MR) is 83.1 cm³/mol. The molecule has 0 aliphatic heterocycles.